The molecule has 1 aromatic carbocycles. The predicted octanol–water partition coefficient (Wildman–Crippen LogP) is 7.76. The third-order valence-corrected chi connectivity index (χ3v) is 12.1. The Morgan fingerprint density at radius 1 is 1.06 bits per heavy atom. The van der Waals surface area contributed by atoms with Crippen LogP contribution in [0.5, 0.6) is 11.5 Å². The van der Waals surface area contributed by atoms with Gasteiger partial charge in [0.2, 0.25) is 0 Å². The fourth-order valence-electron chi connectivity index (χ4n) is 9.41. The minimum Gasteiger partial charge on any atom is -0.504 e. The summed E-state index contributed by atoms with van der Waals surface area (Å²) < 4.78 is 0. The van der Waals surface area contributed by atoms with E-state index in [0.717, 1.165) is 68.1 Å². The lowest BCUT2D eigenvalue weighted by molar-refractivity contribution is -0.177. The Balaban J connectivity index is 1.69. The van der Waals surface area contributed by atoms with Crippen LogP contribution in [0.25, 0.3) is 0 Å². The van der Waals surface area contributed by atoms with Crippen LogP contribution >= 0.6 is 0 Å². The second-order valence-electron chi connectivity index (χ2n) is 13.9. The van der Waals surface area contributed by atoms with E-state index in [1.807, 2.05) is 26.0 Å². The van der Waals surface area contributed by atoms with Crippen LogP contribution < -0.4 is 0 Å². The van der Waals surface area contributed by atoms with E-state index in [1.165, 1.54) is 5.57 Å². The van der Waals surface area contributed by atoms with Gasteiger partial charge in [-0.15, -0.1) is 6.58 Å². The summed E-state index contributed by atoms with van der Waals surface area (Å²) in [4.78, 5) is 12.4. The first kappa shape index (κ1) is 25.4. The molecular weight excluding hydrogens is 448 g/mol. The van der Waals surface area contributed by atoms with Gasteiger partial charge in [-0.25, -0.2) is 0 Å². The molecule has 3 saturated carbocycles. The average Bonchev–Trinajstić information content (AvgIpc) is 2.82. The SMILES string of the molecule is C=CCC1C=C2C(C)(CCC3(C)C4CC(C)(C(=O)O)CCC4(C)CCC23C)c2cc(O)c(O)c(C)c21. The fraction of sp³-hybridized carbons (Fsp3) is 0.656. The molecular formula is C32H44O4. The van der Waals surface area contributed by atoms with Crippen molar-refractivity contribution in [3.05, 3.63) is 47.1 Å². The number of hydrogen-bond acceptors (Lipinski definition) is 3. The van der Waals surface area contributed by atoms with Crippen molar-refractivity contribution >= 4 is 5.97 Å². The second-order valence-corrected chi connectivity index (χ2v) is 13.9. The molecule has 4 aliphatic rings. The lowest BCUT2D eigenvalue weighted by Crippen LogP contribution is -2.62. The molecule has 0 spiro atoms. The highest BCUT2D eigenvalue weighted by Gasteiger charge is 2.67. The van der Waals surface area contributed by atoms with Gasteiger partial charge >= 0.3 is 5.97 Å². The minimum atomic E-state index is -0.661. The molecule has 4 nitrogen and oxygen atoms in total. The first-order valence-corrected chi connectivity index (χ1v) is 13.8. The maximum atomic E-state index is 12.4. The zero-order valence-electron chi connectivity index (χ0n) is 23.0. The first-order chi connectivity index (χ1) is 16.7. The van der Waals surface area contributed by atoms with Crippen molar-refractivity contribution in [3.8, 4) is 11.5 Å². The largest absolute Gasteiger partial charge is 0.504 e. The topological polar surface area (TPSA) is 77.8 Å². The number of carboxylic acid groups (broad SMARTS) is 1. The van der Waals surface area contributed by atoms with Crippen LogP contribution in [0, 0.1) is 34.5 Å². The Kier molecular flexibility index (Phi) is 5.40. The van der Waals surface area contributed by atoms with Gasteiger partial charge in [0.05, 0.1) is 5.41 Å². The summed E-state index contributed by atoms with van der Waals surface area (Å²) in [6.45, 7) is 17.6. The number of phenolic OH excluding ortho intramolecular Hbond substituents is 2. The fourth-order valence-corrected chi connectivity index (χ4v) is 9.41. The van der Waals surface area contributed by atoms with E-state index in [2.05, 4.69) is 40.3 Å². The Morgan fingerprint density at radius 2 is 1.72 bits per heavy atom. The number of aromatic hydroxyl groups is 2. The molecule has 4 heteroatoms. The van der Waals surface area contributed by atoms with Gasteiger partial charge in [0.1, 0.15) is 0 Å². The normalized spacial score (nSPS) is 43.3. The van der Waals surface area contributed by atoms with Gasteiger partial charge in [-0.1, -0.05) is 45.4 Å². The van der Waals surface area contributed by atoms with Crippen molar-refractivity contribution < 1.29 is 20.1 Å². The van der Waals surface area contributed by atoms with Gasteiger partial charge in [-0.2, -0.15) is 0 Å². The van der Waals surface area contributed by atoms with E-state index in [4.69, 9.17) is 0 Å². The number of phenols is 2. The number of benzene rings is 1. The number of fused-ring (bicyclic) bond motifs is 7. The highest BCUT2D eigenvalue weighted by Crippen LogP contribution is 2.75. The Morgan fingerprint density at radius 3 is 2.36 bits per heavy atom. The monoisotopic (exact) mass is 492 g/mol. The predicted molar refractivity (Wildman–Crippen MR) is 143 cm³/mol. The van der Waals surface area contributed by atoms with E-state index in [-0.39, 0.29) is 39.1 Å². The zero-order valence-corrected chi connectivity index (χ0v) is 23.0. The summed E-state index contributed by atoms with van der Waals surface area (Å²) in [6.07, 6.45) is 11.9. The third-order valence-electron chi connectivity index (χ3n) is 12.1. The van der Waals surface area contributed by atoms with Crippen LogP contribution in [-0.2, 0) is 10.2 Å². The zero-order chi connectivity index (χ0) is 26.5. The van der Waals surface area contributed by atoms with Crippen molar-refractivity contribution in [2.24, 2.45) is 27.6 Å². The van der Waals surface area contributed by atoms with Crippen LogP contribution in [0.4, 0.5) is 0 Å². The van der Waals surface area contributed by atoms with Crippen molar-refractivity contribution in [2.75, 3.05) is 0 Å². The smallest absolute Gasteiger partial charge is 0.309 e. The van der Waals surface area contributed by atoms with Gasteiger partial charge in [-0.05, 0) is 110 Å². The third kappa shape index (κ3) is 3.02. The lowest BCUT2D eigenvalue weighted by Gasteiger charge is -2.70. The molecule has 0 radical (unpaired) electrons. The molecule has 0 bridgehead atoms. The van der Waals surface area contributed by atoms with Crippen LogP contribution in [0.3, 0.4) is 0 Å². The molecule has 0 saturated heterocycles. The van der Waals surface area contributed by atoms with Crippen LogP contribution in [0.2, 0.25) is 0 Å². The molecule has 3 fully saturated rings. The summed E-state index contributed by atoms with van der Waals surface area (Å²) in [6, 6.07) is 1.82. The van der Waals surface area contributed by atoms with E-state index in [1.54, 1.807) is 0 Å². The molecule has 5 rings (SSSR count). The molecule has 0 aromatic heterocycles. The molecule has 36 heavy (non-hydrogen) atoms. The molecule has 7 unspecified atom stereocenters. The molecule has 0 amide bonds. The van der Waals surface area contributed by atoms with Gasteiger partial charge in [-0.3, -0.25) is 4.79 Å². The van der Waals surface area contributed by atoms with E-state index >= 15 is 0 Å². The van der Waals surface area contributed by atoms with Crippen LogP contribution in [0.1, 0.15) is 109 Å². The van der Waals surface area contributed by atoms with Crippen molar-refractivity contribution in [1.29, 1.82) is 0 Å². The molecule has 0 aliphatic heterocycles. The molecule has 4 aliphatic carbocycles. The standard InChI is InChI=1S/C32H44O4/c1-8-9-20-16-23-30(5,21-17-22(33)26(34)19(2)25(20)21)13-15-32(7)24-18-29(4,27(35)36)11-10-28(24,3)12-14-31(23,32)6/h8,16-17,20,24,33-34H,1,9-15,18H2,2-7H3,(H,35,36). The van der Waals surface area contributed by atoms with Gasteiger partial charge < -0.3 is 15.3 Å². The summed E-state index contributed by atoms with van der Waals surface area (Å²) in [5, 5.41) is 31.4. The Bertz CT molecular complexity index is 1180. The van der Waals surface area contributed by atoms with Crippen molar-refractivity contribution in [2.45, 2.75) is 104 Å². The van der Waals surface area contributed by atoms with Gasteiger partial charge in [0.15, 0.2) is 11.5 Å². The van der Waals surface area contributed by atoms with Crippen molar-refractivity contribution in [1.82, 2.24) is 0 Å². The van der Waals surface area contributed by atoms with E-state index in [0.29, 0.717) is 5.92 Å². The van der Waals surface area contributed by atoms with Crippen molar-refractivity contribution in [3.63, 3.8) is 0 Å². The number of hydrogen-bond donors (Lipinski definition) is 3. The highest BCUT2D eigenvalue weighted by molar-refractivity contribution is 5.74. The molecule has 3 N–H and O–H groups in total. The highest BCUT2D eigenvalue weighted by atomic mass is 16.4. The number of allylic oxidation sites excluding steroid dienone is 3. The number of carboxylic acids is 1. The second kappa shape index (κ2) is 7.65. The number of carbonyl (C=O) groups is 1. The average molecular weight is 493 g/mol. The maximum Gasteiger partial charge on any atom is 0.309 e. The molecule has 1 aromatic rings. The first-order valence-electron chi connectivity index (χ1n) is 13.8. The number of aliphatic carboxylic acids is 1. The molecule has 0 heterocycles. The van der Waals surface area contributed by atoms with Crippen LogP contribution in [0.15, 0.2) is 30.4 Å². The van der Waals surface area contributed by atoms with E-state index < -0.39 is 11.4 Å². The maximum absolute atomic E-state index is 12.4. The Hall–Kier alpha value is -2.23. The van der Waals surface area contributed by atoms with Gasteiger partial charge in [0, 0.05) is 11.3 Å². The summed E-state index contributed by atoms with van der Waals surface area (Å²) in [5.74, 6) is -0.249. The molecule has 7 atom stereocenters. The van der Waals surface area contributed by atoms with Crippen LogP contribution in [-0.4, -0.2) is 21.3 Å². The summed E-state index contributed by atoms with van der Waals surface area (Å²) in [7, 11) is 0. The van der Waals surface area contributed by atoms with Gasteiger partial charge in [0.25, 0.3) is 0 Å². The minimum absolute atomic E-state index is 0.00723. The number of rotatable bonds is 3. The quantitative estimate of drug-likeness (QED) is 0.298. The summed E-state index contributed by atoms with van der Waals surface area (Å²) in [5.41, 5.74) is 3.72. The van der Waals surface area contributed by atoms with E-state index in [9.17, 15) is 20.1 Å². The summed E-state index contributed by atoms with van der Waals surface area (Å²) >= 11 is 0. The lowest BCUT2D eigenvalue weighted by atomic mass is 9.34. The molecule has 196 valence electrons. The Labute approximate surface area is 216 Å².